The Morgan fingerprint density at radius 1 is 1.13 bits per heavy atom. The maximum absolute atomic E-state index is 13.0. The number of aromatic nitrogens is 1. The molecule has 0 saturated heterocycles. The second-order valence-electron chi connectivity index (χ2n) is 6.41. The monoisotopic (exact) mass is 420 g/mol. The largest absolute Gasteiger partial charge is 0.497 e. The van der Waals surface area contributed by atoms with Crippen LogP contribution in [0.5, 0.6) is 11.5 Å². The Hall–Kier alpha value is -3.25. The van der Waals surface area contributed by atoms with Crippen LogP contribution < -0.4 is 20.7 Å². The highest BCUT2D eigenvalue weighted by Gasteiger charge is 2.41. The van der Waals surface area contributed by atoms with Gasteiger partial charge < -0.3 is 14.9 Å². The molecule has 2 heterocycles. The molecule has 1 saturated carbocycles. The maximum Gasteiger partial charge on any atom is 0.423 e. The lowest BCUT2D eigenvalue weighted by Crippen LogP contribution is -2.36. The summed E-state index contributed by atoms with van der Waals surface area (Å²) in [4.78, 5) is 7.67. The molecule has 160 valence electrons. The number of para-hydroxylation sites is 1. The average molecular weight is 420 g/mol. The second kappa shape index (κ2) is 10.5. The van der Waals surface area contributed by atoms with Crippen LogP contribution in [-0.4, -0.2) is 30.5 Å². The van der Waals surface area contributed by atoms with Crippen LogP contribution in [0.4, 0.5) is 19.0 Å². The summed E-state index contributed by atoms with van der Waals surface area (Å²) in [6.45, 7) is 0.793. The summed E-state index contributed by atoms with van der Waals surface area (Å²) in [6.07, 6.45) is 5.88. The summed E-state index contributed by atoms with van der Waals surface area (Å²) < 4.78 is 49.5. The quantitative estimate of drug-likeness (QED) is 0.435. The van der Waals surface area contributed by atoms with E-state index in [2.05, 4.69) is 22.8 Å². The topological polar surface area (TPSA) is 81.8 Å². The van der Waals surface area contributed by atoms with Crippen LogP contribution in [0.3, 0.4) is 0 Å². The molecule has 1 fully saturated rings. The molecular weight excluding hydrogens is 397 g/mol. The number of rotatable bonds is 5. The van der Waals surface area contributed by atoms with Crippen LogP contribution >= 0.6 is 0 Å². The van der Waals surface area contributed by atoms with Crippen LogP contribution in [0.2, 0.25) is 0 Å². The van der Waals surface area contributed by atoms with Gasteiger partial charge in [0.2, 0.25) is 0 Å². The smallest absolute Gasteiger partial charge is 0.423 e. The molecule has 1 aliphatic heterocycles. The van der Waals surface area contributed by atoms with Gasteiger partial charge >= 0.3 is 6.18 Å². The fraction of sp³-hybridized carbons (Fsp3) is 0.333. The standard InChI is InChI=1S/C12H13F3N4O.C7H8O.C2H2/c13-12(14,15)10-9(1-2-17-11(10)19-16)20-7-3-6(4-7)8-5-18-8;1-8-7-5-3-2-4-6-7;1-2/h1-2,6-7H,3-5,16H2,(H,17,19);2-6H,1H3;1-2H. The number of nitrogen functional groups attached to an aromatic ring is 1. The number of halogens is 3. The van der Waals surface area contributed by atoms with Crippen molar-refractivity contribution in [1.82, 2.24) is 4.98 Å². The van der Waals surface area contributed by atoms with E-state index in [1.165, 1.54) is 12.3 Å². The molecule has 9 heteroatoms. The number of nitrogens with two attached hydrogens (primary N) is 1. The molecule has 1 aliphatic carbocycles. The van der Waals surface area contributed by atoms with Gasteiger partial charge in [-0.2, -0.15) is 13.2 Å². The molecule has 2 aromatic rings. The van der Waals surface area contributed by atoms with Gasteiger partial charge in [-0.25, -0.2) is 10.8 Å². The third-order valence-electron chi connectivity index (χ3n) is 4.51. The van der Waals surface area contributed by atoms with Crippen molar-refractivity contribution in [2.24, 2.45) is 16.8 Å². The van der Waals surface area contributed by atoms with Crippen molar-refractivity contribution in [3.05, 3.63) is 48.2 Å². The Labute approximate surface area is 173 Å². The number of alkyl halides is 3. The third-order valence-corrected chi connectivity index (χ3v) is 4.51. The van der Waals surface area contributed by atoms with Crippen molar-refractivity contribution in [3.63, 3.8) is 0 Å². The number of anilines is 1. The number of methoxy groups -OCH3 is 1. The van der Waals surface area contributed by atoms with E-state index in [9.17, 15) is 13.2 Å². The molecule has 0 bridgehead atoms. The predicted molar refractivity (Wildman–Crippen MR) is 109 cm³/mol. The van der Waals surface area contributed by atoms with Gasteiger partial charge in [-0.15, -0.1) is 12.8 Å². The van der Waals surface area contributed by atoms with Crippen molar-refractivity contribution >= 4 is 11.5 Å². The normalized spacial score (nSPS) is 18.8. The van der Waals surface area contributed by atoms with E-state index in [-0.39, 0.29) is 11.9 Å². The summed E-state index contributed by atoms with van der Waals surface area (Å²) in [6, 6.07) is 10.9. The summed E-state index contributed by atoms with van der Waals surface area (Å²) in [5.41, 5.74) is 2.15. The Kier molecular flexibility index (Phi) is 8.07. The van der Waals surface area contributed by atoms with E-state index in [1.807, 2.05) is 35.8 Å². The fourth-order valence-electron chi connectivity index (χ4n) is 2.90. The number of nitrogens with one attached hydrogen (secondary N) is 1. The van der Waals surface area contributed by atoms with Gasteiger partial charge in [-0.05, 0) is 31.0 Å². The molecular formula is C21H23F3N4O2. The van der Waals surface area contributed by atoms with Crippen LogP contribution in [0.25, 0.3) is 0 Å². The number of benzene rings is 1. The summed E-state index contributed by atoms with van der Waals surface area (Å²) in [5, 5.41) is 0. The van der Waals surface area contributed by atoms with Crippen LogP contribution in [-0.2, 0) is 6.18 Å². The van der Waals surface area contributed by atoms with Crippen LogP contribution in [0.1, 0.15) is 18.4 Å². The van der Waals surface area contributed by atoms with E-state index >= 15 is 0 Å². The van der Waals surface area contributed by atoms with E-state index in [4.69, 9.17) is 15.3 Å². The average Bonchev–Trinajstić information content (AvgIpc) is 3.57. The minimum Gasteiger partial charge on any atom is -0.497 e. The second-order valence-corrected chi connectivity index (χ2v) is 6.41. The number of ether oxygens (including phenoxy) is 2. The molecule has 30 heavy (non-hydrogen) atoms. The Bertz CT molecular complexity index is 864. The number of hydrogen-bond donors (Lipinski definition) is 2. The number of aliphatic imine (C=N–C) groups is 1. The first kappa shape index (κ1) is 23.0. The lowest BCUT2D eigenvalue weighted by molar-refractivity contribution is -0.139. The summed E-state index contributed by atoms with van der Waals surface area (Å²) >= 11 is 0. The molecule has 3 N–H and O–H groups in total. The molecule has 1 aromatic heterocycles. The minimum atomic E-state index is -4.57. The molecule has 1 aromatic carbocycles. The number of terminal acetylenes is 1. The van der Waals surface area contributed by atoms with Gasteiger partial charge in [0.05, 0.1) is 19.8 Å². The molecule has 2 aliphatic rings. The van der Waals surface area contributed by atoms with Gasteiger partial charge in [-0.1, -0.05) is 18.2 Å². The zero-order chi connectivity index (χ0) is 22.1. The minimum absolute atomic E-state index is 0.211. The first-order valence-electron chi connectivity index (χ1n) is 9.07. The Morgan fingerprint density at radius 2 is 1.77 bits per heavy atom. The van der Waals surface area contributed by atoms with Crippen LogP contribution in [0.15, 0.2) is 47.6 Å². The molecule has 0 radical (unpaired) electrons. The highest BCUT2D eigenvalue weighted by molar-refractivity contribution is 5.99. The SMILES string of the molecule is C#C.COc1ccccc1.NNc1nccc(OC2CC(C3=NC3)C2)c1C(F)(F)F. The summed E-state index contributed by atoms with van der Waals surface area (Å²) in [5.74, 6) is 5.70. The first-order chi connectivity index (χ1) is 14.4. The number of pyridine rings is 1. The van der Waals surface area contributed by atoms with Crippen LogP contribution in [0, 0.1) is 18.8 Å². The lowest BCUT2D eigenvalue weighted by atomic mass is 9.80. The number of nitrogens with zero attached hydrogens (tertiary/aromatic N) is 2. The highest BCUT2D eigenvalue weighted by Crippen LogP contribution is 2.42. The Balaban J connectivity index is 0.000000269. The van der Waals surface area contributed by atoms with Gasteiger partial charge in [-0.3, -0.25) is 4.99 Å². The van der Waals surface area contributed by atoms with Gasteiger partial charge in [0.1, 0.15) is 17.1 Å². The van der Waals surface area contributed by atoms with E-state index in [0.29, 0.717) is 18.8 Å². The van der Waals surface area contributed by atoms with Crippen molar-refractivity contribution in [2.45, 2.75) is 25.1 Å². The molecule has 0 unspecified atom stereocenters. The van der Waals surface area contributed by atoms with Crippen molar-refractivity contribution < 1.29 is 22.6 Å². The van der Waals surface area contributed by atoms with Gasteiger partial charge in [0.25, 0.3) is 0 Å². The zero-order valence-corrected chi connectivity index (χ0v) is 16.4. The van der Waals surface area contributed by atoms with Crippen molar-refractivity contribution in [2.75, 3.05) is 19.1 Å². The summed E-state index contributed by atoms with van der Waals surface area (Å²) in [7, 11) is 1.66. The molecule has 0 amide bonds. The molecule has 0 spiro atoms. The lowest BCUT2D eigenvalue weighted by Gasteiger charge is -2.34. The van der Waals surface area contributed by atoms with E-state index in [1.54, 1.807) is 7.11 Å². The zero-order valence-electron chi connectivity index (χ0n) is 16.4. The molecule has 6 nitrogen and oxygen atoms in total. The van der Waals surface area contributed by atoms with E-state index < -0.39 is 17.6 Å². The number of hydrogen-bond acceptors (Lipinski definition) is 6. The predicted octanol–water partition coefficient (Wildman–Crippen LogP) is 3.94. The maximum atomic E-state index is 13.0. The highest BCUT2D eigenvalue weighted by atomic mass is 19.4. The Morgan fingerprint density at radius 3 is 2.23 bits per heavy atom. The third kappa shape index (κ3) is 6.12. The first-order valence-corrected chi connectivity index (χ1v) is 9.07. The van der Waals surface area contributed by atoms with Gasteiger partial charge in [0.15, 0.2) is 5.82 Å². The van der Waals surface area contributed by atoms with Crippen molar-refractivity contribution in [3.8, 4) is 24.3 Å². The van der Waals surface area contributed by atoms with Gasteiger partial charge in [0, 0.05) is 17.8 Å². The fourth-order valence-corrected chi connectivity index (χ4v) is 2.90. The van der Waals surface area contributed by atoms with Crippen molar-refractivity contribution in [1.29, 1.82) is 0 Å². The number of hydrazine groups is 1. The van der Waals surface area contributed by atoms with E-state index in [0.717, 1.165) is 18.0 Å². The molecule has 0 atom stereocenters. The molecule has 4 rings (SSSR count).